The third-order valence-electron chi connectivity index (χ3n) is 3.40. The van der Waals surface area contributed by atoms with Gasteiger partial charge in [0.15, 0.2) is 0 Å². The van der Waals surface area contributed by atoms with Crippen LogP contribution in [-0.2, 0) is 21.4 Å². The van der Waals surface area contributed by atoms with E-state index < -0.39 is 33.1 Å². The minimum atomic E-state index is -4.22. The Balaban J connectivity index is 2.42. The zero-order valence-corrected chi connectivity index (χ0v) is 14.8. The van der Waals surface area contributed by atoms with Crippen molar-refractivity contribution in [3.63, 3.8) is 0 Å². The molecule has 0 heterocycles. The molecule has 0 fully saturated rings. The number of hydrogen-bond acceptors (Lipinski definition) is 6. The summed E-state index contributed by atoms with van der Waals surface area (Å²) in [5.41, 5.74) is 1.55. The molecule has 26 heavy (non-hydrogen) atoms. The number of nitro groups is 1. The van der Waals surface area contributed by atoms with Gasteiger partial charge in [-0.15, -0.1) is 0 Å². The van der Waals surface area contributed by atoms with Gasteiger partial charge in [0.1, 0.15) is 5.02 Å². The zero-order chi connectivity index (χ0) is 19.3. The number of carbonyl (C=O) groups excluding carboxylic acids is 1. The lowest BCUT2D eigenvalue weighted by atomic mass is 10.2. The minimum Gasteiger partial charge on any atom is -0.289 e. The van der Waals surface area contributed by atoms with E-state index in [-0.39, 0.29) is 16.5 Å². The summed E-state index contributed by atoms with van der Waals surface area (Å²) in [5.74, 6) is -0.933. The second-order valence-electron chi connectivity index (χ2n) is 5.16. The number of rotatable bonds is 7. The van der Waals surface area contributed by atoms with Gasteiger partial charge in [0.05, 0.1) is 16.4 Å². The first-order valence-corrected chi connectivity index (χ1v) is 8.98. The van der Waals surface area contributed by atoms with E-state index in [4.69, 9.17) is 16.8 Å². The van der Waals surface area contributed by atoms with Gasteiger partial charge in [-0.1, -0.05) is 41.9 Å². The monoisotopic (exact) mass is 399 g/mol. The normalized spacial score (nSPS) is 11.3. The van der Waals surface area contributed by atoms with E-state index in [9.17, 15) is 23.3 Å². The fraction of sp³-hybridized carbons (Fsp3) is 0.133. The van der Waals surface area contributed by atoms with E-state index in [2.05, 4.69) is 0 Å². The Morgan fingerprint density at radius 2 is 1.88 bits per heavy atom. The van der Waals surface area contributed by atoms with Crippen LogP contribution in [0.2, 0.25) is 5.02 Å². The maximum absolute atomic E-state index is 12.9. The summed E-state index contributed by atoms with van der Waals surface area (Å²) in [5, 5.41) is 19.2. The number of sulfonamides is 1. The van der Waals surface area contributed by atoms with E-state index in [1.54, 1.807) is 30.3 Å². The van der Waals surface area contributed by atoms with Crippen molar-refractivity contribution >= 4 is 33.2 Å². The average molecular weight is 400 g/mol. The lowest BCUT2D eigenvalue weighted by Gasteiger charge is -2.21. The Morgan fingerprint density at radius 3 is 2.42 bits per heavy atom. The number of carbonyl (C=O) groups is 1. The number of benzene rings is 2. The molecule has 0 saturated heterocycles. The molecule has 0 atom stereocenters. The van der Waals surface area contributed by atoms with E-state index in [1.165, 1.54) is 5.48 Å². The van der Waals surface area contributed by atoms with E-state index in [1.807, 2.05) is 0 Å². The Labute approximate surface area is 154 Å². The van der Waals surface area contributed by atoms with Gasteiger partial charge in [-0.25, -0.2) is 13.9 Å². The van der Waals surface area contributed by atoms with E-state index in [0.717, 1.165) is 22.5 Å². The quantitative estimate of drug-likeness (QED) is 0.415. The van der Waals surface area contributed by atoms with Gasteiger partial charge in [0, 0.05) is 12.6 Å². The predicted octanol–water partition coefficient (Wildman–Crippen LogP) is 1.94. The molecule has 2 rings (SSSR count). The molecule has 1 amide bonds. The summed E-state index contributed by atoms with van der Waals surface area (Å²) in [4.78, 5) is 21.3. The van der Waals surface area contributed by atoms with Crippen LogP contribution in [0.1, 0.15) is 5.56 Å². The smallest absolute Gasteiger partial charge is 0.287 e. The molecule has 0 radical (unpaired) electrons. The van der Waals surface area contributed by atoms with Crippen molar-refractivity contribution in [1.29, 1.82) is 0 Å². The molecule has 2 aromatic rings. The van der Waals surface area contributed by atoms with E-state index in [0.29, 0.717) is 5.56 Å². The maximum atomic E-state index is 12.9. The molecular formula is C15H14ClN3O6S. The molecule has 2 aromatic carbocycles. The maximum Gasteiger partial charge on any atom is 0.287 e. The summed E-state index contributed by atoms with van der Waals surface area (Å²) in [6, 6.07) is 11.5. The first kappa shape index (κ1) is 19.8. The Kier molecular flexibility index (Phi) is 6.27. The van der Waals surface area contributed by atoms with Gasteiger partial charge in [0.25, 0.3) is 11.6 Å². The fourth-order valence-electron chi connectivity index (χ4n) is 2.15. The minimum absolute atomic E-state index is 0.148. The van der Waals surface area contributed by atoms with Gasteiger partial charge in [-0.3, -0.25) is 20.1 Å². The molecule has 0 aliphatic carbocycles. The highest BCUT2D eigenvalue weighted by Gasteiger charge is 2.28. The van der Waals surface area contributed by atoms with E-state index >= 15 is 0 Å². The van der Waals surface area contributed by atoms with Crippen LogP contribution in [0.3, 0.4) is 0 Å². The number of nitro benzene ring substituents is 1. The van der Waals surface area contributed by atoms with Gasteiger partial charge in [0.2, 0.25) is 10.0 Å². The third kappa shape index (κ3) is 4.55. The predicted molar refractivity (Wildman–Crippen MR) is 92.1 cm³/mol. The van der Waals surface area contributed by atoms with Crippen LogP contribution in [0.5, 0.6) is 0 Å². The van der Waals surface area contributed by atoms with Crippen molar-refractivity contribution in [2.24, 2.45) is 0 Å². The molecule has 0 unspecified atom stereocenters. The topological polar surface area (TPSA) is 130 Å². The SMILES string of the molecule is O=C(CN(Cc1ccccc1)S(=O)(=O)c1ccc([N+](=O)[O-])c(Cl)c1)NO. The van der Waals surface area contributed by atoms with Crippen molar-refractivity contribution in [2.45, 2.75) is 11.4 Å². The van der Waals surface area contributed by atoms with Gasteiger partial charge in [-0.2, -0.15) is 4.31 Å². The van der Waals surface area contributed by atoms with Gasteiger partial charge < -0.3 is 0 Å². The standard InChI is InChI=1S/C15H14ClN3O6S/c16-13-8-12(6-7-14(13)19(22)23)26(24,25)18(10-15(20)17-21)9-11-4-2-1-3-5-11/h1-8,21H,9-10H2,(H,17,20). The fourth-order valence-corrected chi connectivity index (χ4v) is 3.88. The van der Waals surface area contributed by atoms with Gasteiger partial charge >= 0.3 is 0 Å². The summed E-state index contributed by atoms with van der Waals surface area (Å²) < 4.78 is 26.5. The number of hydrogen-bond donors (Lipinski definition) is 2. The number of nitrogens with zero attached hydrogens (tertiary/aromatic N) is 2. The van der Waals surface area contributed by atoms with Crippen molar-refractivity contribution in [2.75, 3.05) is 6.54 Å². The summed E-state index contributed by atoms with van der Waals surface area (Å²) in [6.45, 7) is -0.798. The van der Waals surface area contributed by atoms with Crippen LogP contribution in [-0.4, -0.2) is 35.3 Å². The molecule has 0 bridgehead atoms. The first-order valence-electron chi connectivity index (χ1n) is 7.16. The summed E-state index contributed by atoms with van der Waals surface area (Å²) >= 11 is 5.78. The molecule has 138 valence electrons. The molecule has 0 aliphatic rings. The van der Waals surface area contributed by atoms with Crippen LogP contribution in [0.25, 0.3) is 0 Å². The summed E-state index contributed by atoms with van der Waals surface area (Å²) in [6.07, 6.45) is 0. The highest BCUT2D eigenvalue weighted by atomic mass is 35.5. The van der Waals surface area contributed by atoms with Gasteiger partial charge in [-0.05, 0) is 17.7 Å². The molecule has 9 nitrogen and oxygen atoms in total. The Morgan fingerprint density at radius 1 is 1.23 bits per heavy atom. The van der Waals surface area contributed by atoms with Crippen LogP contribution in [0.4, 0.5) is 5.69 Å². The number of amides is 1. The molecular weight excluding hydrogens is 386 g/mol. The van der Waals surface area contributed by atoms with Crippen LogP contribution in [0, 0.1) is 10.1 Å². The number of nitrogens with one attached hydrogen (secondary N) is 1. The highest BCUT2D eigenvalue weighted by Crippen LogP contribution is 2.28. The Bertz CT molecular complexity index is 920. The lowest BCUT2D eigenvalue weighted by Crippen LogP contribution is -2.39. The molecule has 0 spiro atoms. The average Bonchev–Trinajstić information content (AvgIpc) is 2.61. The highest BCUT2D eigenvalue weighted by molar-refractivity contribution is 7.89. The van der Waals surface area contributed by atoms with Crippen molar-refractivity contribution < 1.29 is 23.3 Å². The second-order valence-corrected chi connectivity index (χ2v) is 7.51. The molecule has 0 aromatic heterocycles. The van der Waals surface area contributed by atoms with Crippen molar-refractivity contribution in [3.8, 4) is 0 Å². The van der Waals surface area contributed by atoms with Crippen LogP contribution >= 0.6 is 11.6 Å². The van der Waals surface area contributed by atoms with Crippen molar-refractivity contribution in [1.82, 2.24) is 9.79 Å². The molecule has 11 heteroatoms. The second kappa shape index (κ2) is 8.23. The largest absolute Gasteiger partial charge is 0.289 e. The molecule has 2 N–H and O–H groups in total. The Hall–Kier alpha value is -2.53. The zero-order valence-electron chi connectivity index (χ0n) is 13.2. The summed E-state index contributed by atoms with van der Waals surface area (Å²) in [7, 11) is -4.22. The molecule has 0 aliphatic heterocycles. The number of halogens is 1. The lowest BCUT2D eigenvalue weighted by molar-refractivity contribution is -0.384. The molecule has 0 saturated carbocycles. The number of hydroxylamine groups is 1. The third-order valence-corrected chi connectivity index (χ3v) is 5.49. The van der Waals surface area contributed by atoms with Crippen LogP contribution < -0.4 is 5.48 Å². The first-order chi connectivity index (χ1) is 12.3. The van der Waals surface area contributed by atoms with Crippen LogP contribution in [0.15, 0.2) is 53.4 Å². The van der Waals surface area contributed by atoms with Crippen molar-refractivity contribution in [3.05, 3.63) is 69.2 Å².